The molecule has 1 N–H and O–H groups in total. The third kappa shape index (κ3) is 3.56. The molecule has 0 atom stereocenters. The lowest BCUT2D eigenvalue weighted by molar-refractivity contribution is 0.137. The standard InChI is InChI=1S/C14H14Cl2N2O3/c1-2-21-8-7-18-13(19)11(12(16)17-14(18)20)9-3-5-10(15)6-4-9/h3-6H,2,7-8H2,1H3,(H,17,20). The fourth-order valence-electron chi connectivity index (χ4n) is 1.91. The first-order valence-corrected chi connectivity index (χ1v) is 7.16. The summed E-state index contributed by atoms with van der Waals surface area (Å²) in [6, 6.07) is 6.66. The summed E-state index contributed by atoms with van der Waals surface area (Å²) in [4.78, 5) is 26.8. The van der Waals surface area contributed by atoms with E-state index in [9.17, 15) is 9.59 Å². The van der Waals surface area contributed by atoms with Crippen molar-refractivity contribution in [1.82, 2.24) is 9.55 Å². The molecule has 2 aromatic rings. The molecule has 112 valence electrons. The molecule has 1 aromatic carbocycles. The molecule has 0 saturated heterocycles. The van der Waals surface area contributed by atoms with Gasteiger partial charge >= 0.3 is 5.69 Å². The molecule has 0 bridgehead atoms. The van der Waals surface area contributed by atoms with E-state index in [0.29, 0.717) is 17.2 Å². The predicted octanol–water partition coefficient (Wildman–Crippen LogP) is 2.55. The smallest absolute Gasteiger partial charge is 0.329 e. The number of hydrogen-bond acceptors (Lipinski definition) is 3. The molecule has 0 fully saturated rings. The SMILES string of the molecule is CCOCCn1c(=O)[nH]c(Cl)c(-c2ccc(Cl)cc2)c1=O. The second-order valence-corrected chi connectivity index (χ2v) is 5.09. The number of nitrogens with one attached hydrogen (secondary N) is 1. The molecule has 0 aliphatic carbocycles. The Morgan fingerprint density at radius 1 is 1.19 bits per heavy atom. The van der Waals surface area contributed by atoms with Crippen LogP contribution in [-0.4, -0.2) is 22.8 Å². The van der Waals surface area contributed by atoms with E-state index < -0.39 is 11.2 Å². The van der Waals surface area contributed by atoms with Gasteiger partial charge in [-0.25, -0.2) is 4.79 Å². The van der Waals surface area contributed by atoms with Gasteiger partial charge in [0.1, 0.15) is 5.15 Å². The van der Waals surface area contributed by atoms with Crippen LogP contribution in [0.1, 0.15) is 6.92 Å². The van der Waals surface area contributed by atoms with Gasteiger partial charge in [-0.2, -0.15) is 0 Å². The van der Waals surface area contributed by atoms with Crippen LogP contribution < -0.4 is 11.2 Å². The van der Waals surface area contributed by atoms with Crippen LogP contribution in [0.4, 0.5) is 0 Å². The average molecular weight is 329 g/mol. The number of nitrogens with zero attached hydrogens (tertiary/aromatic N) is 1. The zero-order valence-corrected chi connectivity index (χ0v) is 12.9. The molecule has 0 radical (unpaired) electrons. The third-order valence-corrected chi connectivity index (χ3v) is 3.47. The highest BCUT2D eigenvalue weighted by molar-refractivity contribution is 6.32. The molecule has 0 aliphatic rings. The Balaban J connectivity index is 2.51. The van der Waals surface area contributed by atoms with Gasteiger partial charge in [-0.3, -0.25) is 14.3 Å². The molecule has 7 heteroatoms. The van der Waals surface area contributed by atoms with E-state index >= 15 is 0 Å². The third-order valence-electron chi connectivity index (χ3n) is 2.94. The van der Waals surface area contributed by atoms with E-state index in [2.05, 4.69) is 4.98 Å². The highest BCUT2D eigenvalue weighted by atomic mass is 35.5. The molecule has 0 amide bonds. The maximum Gasteiger partial charge on any atom is 0.329 e. The zero-order valence-electron chi connectivity index (χ0n) is 11.4. The molecule has 0 saturated carbocycles. The zero-order chi connectivity index (χ0) is 15.4. The van der Waals surface area contributed by atoms with Crippen molar-refractivity contribution in [3.63, 3.8) is 0 Å². The molecule has 21 heavy (non-hydrogen) atoms. The van der Waals surface area contributed by atoms with E-state index in [1.54, 1.807) is 24.3 Å². The molecular formula is C14H14Cl2N2O3. The average Bonchev–Trinajstić information content (AvgIpc) is 2.44. The summed E-state index contributed by atoms with van der Waals surface area (Å²) in [6.45, 7) is 2.80. The van der Waals surface area contributed by atoms with Crippen LogP contribution in [0.3, 0.4) is 0 Å². The summed E-state index contributed by atoms with van der Waals surface area (Å²) >= 11 is 11.8. The summed E-state index contributed by atoms with van der Waals surface area (Å²) in [5.74, 6) is 0. The Bertz CT molecular complexity index is 735. The summed E-state index contributed by atoms with van der Waals surface area (Å²) in [5, 5.41) is 0.566. The number of aromatic nitrogens is 2. The van der Waals surface area contributed by atoms with Crippen molar-refractivity contribution in [3.8, 4) is 11.1 Å². The summed E-state index contributed by atoms with van der Waals surface area (Å²) in [5.41, 5.74) is -0.173. The van der Waals surface area contributed by atoms with Crippen LogP contribution >= 0.6 is 23.2 Å². The highest BCUT2D eigenvalue weighted by Gasteiger charge is 2.14. The van der Waals surface area contributed by atoms with Gasteiger partial charge in [0.2, 0.25) is 0 Å². The van der Waals surface area contributed by atoms with E-state index in [4.69, 9.17) is 27.9 Å². The van der Waals surface area contributed by atoms with Gasteiger partial charge in [0, 0.05) is 11.6 Å². The van der Waals surface area contributed by atoms with Gasteiger partial charge < -0.3 is 4.74 Å². The normalized spacial score (nSPS) is 10.8. The van der Waals surface area contributed by atoms with E-state index in [1.807, 2.05) is 6.92 Å². The Hall–Kier alpha value is -1.56. The number of rotatable bonds is 5. The van der Waals surface area contributed by atoms with Crippen LogP contribution in [0.15, 0.2) is 33.9 Å². The van der Waals surface area contributed by atoms with Gasteiger partial charge in [0.05, 0.1) is 18.7 Å². The van der Waals surface area contributed by atoms with Gasteiger partial charge in [0.25, 0.3) is 5.56 Å². The minimum Gasteiger partial charge on any atom is -0.380 e. The quantitative estimate of drug-likeness (QED) is 0.677. The van der Waals surface area contributed by atoms with Gasteiger partial charge in [0.15, 0.2) is 0 Å². The number of halogens is 2. The Morgan fingerprint density at radius 3 is 2.48 bits per heavy atom. The van der Waals surface area contributed by atoms with Crippen molar-refractivity contribution in [2.75, 3.05) is 13.2 Å². The van der Waals surface area contributed by atoms with Crippen molar-refractivity contribution in [2.24, 2.45) is 0 Å². The minimum atomic E-state index is -0.553. The van der Waals surface area contributed by atoms with Crippen LogP contribution in [-0.2, 0) is 11.3 Å². The lowest BCUT2D eigenvalue weighted by atomic mass is 10.1. The number of aromatic amines is 1. The Kier molecular flexibility index (Phi) is 5.22. The summed E-state index contributed by atoms with van der Waals surface area (Å²) < 4.78 is 6.25. The van der Waals surface area contributed by atoms with Crippen molar-refractivity contribution in [2.45, 2.75) is 13.5 Å². The predicted molar refractivity (Wildman–Crippen MR) is 83.3 cm³/mol. The second kappa shape index (κ2) is 6.93. The fraction of sp³-hybridized carbons (Fsp3) is 0.286. The van der Waals surface area contributed by atoms with Crippen LogP contribution in [0, 0.1) is 0 Å². The molecule has 1 heterocycles. The van der Waals surface area contributed by atoms with E-state index in [0.717, 1.165) is 4.57 Å². The molecule has 0 spiro atoms. The lowest BCUT2D eigenvalue weighted by Crippen LogP contribution is -2.37. The molecule has 2 rings (SSSR count). The van der Waals surface area contributed by atoms with Gasteiger partial charge in [-0.15, -0.1) is 0 Å². The van der Waals surface area contributed by atoms with Crippen LogP contribution in [0.2, 0.25) is 10.2 Å². The molecule has 0 unspecified atom stereocenters. The number of benzene rings is 1. The summed E-state index contributed by atoms with van der Waals surface area (Å²) in [7, 11) is 0. The molecule has 5 nitrogen and oxygen atoms in total. The maximum absolute atomic E-state index is 12.5. The molecule has 1 aromatic heterocycles. The van der Waals surface area contributed by atoms with E-state index in [-0.39, 0.29) is 23.9 Å². The molecular weight excluding hydrogens is 315 g/mol. The van der Waals surface area contributed by atoms with Gasteiger partial charge in [-0.05, 0) is 24.6 Å². The van der Waals surface area contributed by atoms with Crippen LogP contribution in [0.25, 0.3) is 11.1 Å². The number of H-pyrrole nitrogens is 1. The van der Waals surface area contributed by atoms with E-state index in [1.165, 1.54) is 0 Å². The monoisotopic (exact) mass is 328 g/mol. The fourth-order valence-corrected chi connectivity index (χ4v) is 2.31. The van der Waals surface area contributed by atoms with Crippen molar-refractivity contribution >= 4 is 23.2 Å². The Morgan fingerprint density at radius 2 is 1.86 bits per heavy atom. The topological polar surface area (TPSA) is 64.1 Å². The highest BCUT2D eigenvalue weighted by Crippen LogP contribution is 2.23. The van der Waals surface area contributed by atoms with Crippen molar-refractivity contribution in [1.29, 1.82) is 0 Å². The largest absolute Gasteiger partial charge is 0.380 e. The van der Waals surface area contributed by atoms with Gasteiger partial charge in [-0.1, -0.05) is 35.3 Å². The van der Waals surface area contributed by atoms with Crippen molar-refractivity contribution in [3.05, 3.63) is 55.3 Å². The number of hydrogen-bond donors (Lipinski definition) is 1. The minimum absolute atomic E-state index is 0.0139. The van der Waals surface area contributed by atoms with Crippen molar-refractivity contribution < 1.29 is 4.74 Å². The maximum atomic E-state index is 12.5. The first-order valence-electron chi connectivity index (χ1n) is 6.41. The lowest BCUT2D eigenvalue weighted by Gasteiger charge is -2.09. The first kappa shape index (κ1) is 15.8. The second-order valence-electron chi connectivity index (χ2n) is 4.28. The molecule has 0 aliphatic heterocycles. The first-order chi connectivity index (χ1) is 10.0. The Labute approximate surface area is 131 Å². The number of ether oxygens (including phenoxy) is 1. The van der Waals surface area contributed by atoms with Crippen LogP contribution in [0.5, 0.6) is 0 Å². The summed E-state index contributed by atoms with van der Waals surface area (Å²) in [6.07, 6.45) is 0.